The summed E-state index contributed by atoms with van der Waals surface area (Å²) in [6.45, 7) is 3.13. The van der Waals surface area contributed by atoms with Gasteiger partial charge in [-0.2, -0.15) is 0 Å². The number of thiocarbonyl (C=S) groups is 1. The smallest absolute Gasteiger partial charge is 0.256 e. The molecule has 1 atom stereocenters. The highest BCUT2D eigenvalue weighted by molar-refractivity contribution is 7.80. The van der Waals surface area contributed by atoms with Crippen LogP contribution in [0.3, 0.4) is 0 Å². The molecule has 0 spiro atoms. The van der Waals surface area contributed by atoms with Gasteiger partial charge in [0.05, 0.1) is 18.7 Å². The number of halogens is 2. The summed E-state index contributed by atoms with van der Waals surface area (Å²) in [6, 6.07) is 20.9. The van der Waals surface area contributed by atoms with Gasteiger partial charge in [-0.15, -0.1) is 0 Å². The zero-order chi connectivity index (χ0) is 26.4. The molecule has 4 rings (SSSR count). The zero-order valence-corrected chi connectivity index (χ0v) is 22.7. The number of rotatable bonds is 10. The van der Waals surface area contributed by atoms with Gasteiger partial charge in [-0.25, -0.2) is 0 Å². The minimum atomic E-state index is -0.744. The lowest BCUT2D eigenvalue weighted by Gasteiger charge is -2.24. The predicted molar refractivity (Wildman–Crippen MR) is 153 cm³/mol. The standard InChI is InChI=1S/C28H27Cl2N3O3S/c1-2-16-36-24-12-10-22(11-13-24)31-26(34)18-25-27(35)33(23-5-3-4-21(30)17-23)28(37)32(25)15-14-19-6-8-20(29)9-7-19/h3-13,17,25H,2,14-16,18H2,1H3,(H,31,34). The summed E-state index contributed by atoms with van der Waals surface area (Å²) in [5.74, 6) is 0.191. The third-order valence-corrected chi connectivity index (χ3v) is 6.83. The molecule has 1 saturated heterocycles. The van der Waals surface area contributed by atoms with Gasteiger partial charge in [0.1, 0.15) is 11.8 Å². The van der Waals surface area contributed by atoms with E-state index < -0.39 is 6.04 Å². The molecule has 0 radical (unpaired) electrons. The summed E-state index contributed by atoms with van der Waals surface area (Å²) in [4.78, 5) is 29.9. The first-order valence-corrected chi connectivity index (χ1v) is 13.2. The van der Waals surface area contributed by atoms with Crippen LogP contribution in [0.15, 0.2) is 72.8 Å². The van der Waals surface area contributed by atoms with Crippen LogP contribution in [0.1, 0.15) is 25.3 Å². The maximum absolute atomic E-state index is 13.6. The molecule has 1 aliphatic heterocycles. The Morgan fingerprint density at radius 1 is 1.03 bits per heavy atom. The maximum Gasteiger partial charge on any atom is 0.256 e. The van der Waals surface area contributed by atoms with Crippen LogP contribution < -0.4 is 15.0 Å². The van der Waals surface area contributed by atoms with E-state index in [0.717, 1.165) is 17.7 Å². The van der Waals surface area contributed by atoms with Crippen molar-refractivity contribution in [3.8, 4) is 5.75 Å². The first-order valence-electron chi connectivity index (χ1n) is 12.0. The highest BCUT2D eigenvalue weighted by Crippen LogP contribution is 2.29. The molecule has 0 bridgehead atoms. The number of carbonyl (C=O) groups excluding carboxylic acids is 2. The molecule has 1 heterocycles. The second-order valence-electron chi connectivity index (χ2n) is 8.65. The third-order valence-electron chi connectivity index (χ3n) is 5.93. The average molecular weight is 557 g/mol. The van der Waals surface area contributed by atoms with Crippen LogP contribution in [-0.2, 0) is 16.0 Å². The lowest BCUT2D eigenvalue weighted by Crippen LogP contribution is -2.39. The molecule has 1 unspecified atom stereocenters. The molecular formula is C28H27Cl2N3O3S. The van der Waals surface area contributed by atoms with Gasteiger partial charge < -0.3 is 15.0 Å². The van der Waals surface area contributed by atoms with Crippen molar-refractivity contribution < 1.29 is 14.3 Å². The van der Waals surface area contributed by atoms with E-state index in [9.17, 15) is 9.59 Å². The highest BCUT2D eigenvalue weighted by Gasteiger charge is 2.44. The Morgan fingerprint density at radius 3 is 2.43 bits per heavy atom. The van der Waals surface area contributed by atoms with Gasteiger partial charge in [-0.1, -0.05) is 48.3 Å². The van der Waals surface area contributed by atoms with Gasteiger partial charge in [-0.3, -0.25) is 14.5 Å². The normalized spacial score (nSPS) is 15.3. The number of hydrogen-bond donors (Lipinski definition) is 1. The predicted octanol–water partition coefficient (Wildman–Crippen LogP) is 6.36. The molecule has 192 valence electrons. The van der Waals surface area contributed by atoms with Crippen molar-refractivity contribution in [1.82, 2.24) is 4.90 Å². The first-order chi connectivity index (χ1) is 17.9. The van der Waals surface area contributed by atoms with Crippen LogP contribution in [0, 0.1) is 0 Å². The Hall–Kier alpha value is -3.13. The maximum atomic E-state index is 13.6. The fourth-order valence-electron chi connectivity index (χ4n) is 4.08. The molecule has 3 aromatic carbocycles. The van der Waals surface area contributed by atoms with Gasteiger partial charge in [0.15, 0.2) is 5.11 Å². The van der Waals surface area contributed by atoms with Crippen LogP contribution in [0.4, 0.5) is 11.4 Å². The van der Waals surface area contributed by atoms with Crippen molar-refractivity contribution in [1.29, 1.82) is 0 Å². The fraction of sp³-hybridized carbons (Fsp3) is 0.250. The minimum Gasteiger partial charge on any atom is -0.494 e. The topological polar surface area (TPSA) is 61.9 Å². The Morgan fingerprint density at radius 2 is 1.76 bits per heavy atom. The molecular weight excluding hydrogens is 529 g/mol. The van der Waals surface area contributed by atoms with Gasteiger partial charge in [0, 0.05) is 22.3 Å². The summed E-state index contributed by atoms with van der Waals surface area (Å²) in [6.07, 6.45) is 1.49. The molecule has 0 aliphatic carbocycles. The molecule has 0 saturated carbocycles. The summed E-state index contributed by atoms with van der Waals surface area (Å²) in [5, 5.41) is 4.37. The monoisotopic (exact) mass is 555 g/mol. The van der Waals surface area contributed by atoms with E-state index in [-0.39, 0.29) is 18.2 Å². The van der Waals surface area contributed by atoms with Crippen molar-refractivity contribution in [2.24, 2.45) is 0 Å². The van der Waals surface area contributed by atoms with E-state index in [1.54, 1.807) is 48.5 Å². The van der Waals surface area contributed by atoms with Gasteiger partial charge in [0.2, 0.25) is 5.91 Å². The number of amides is 2. The highest BCUT2D eigenvalue weighted by atomic mass is 35.5. The van der Waals surface area contributed by atoms with Crippen molar-refractivity contribution in [2.45, 2.75) is 32.2 Å². The number of anilines is 2. The van der Waals surface area contributed by atoms with Gasteiger partial charge >= 0.3 is 0 Å². The summed E-state index contributed by atoms with van der Waals surface area (Å²) in [5.41, 5.74) is 2.25. The molecule has 1 aliphatic rings. The summed E-state index contributed by atoms with van der Waals surface area (Å²) in [7, 11) is 0. The van der Waals surface area contributed by atoms with E-state index in [1.165, 1.54) is 4.90 Å². The minimum absolute atomic E-state index is 0.0509. The zero-order valence-electron chi connectivity index (χ0n) is 20.3. The molecule has 1 fully saturated rings. The second-order valence-corrected chi connectivity index (χ2v) is 9.88. The van der Waals surface area contributed by atoms with E-state index in [0.29, 0.717) is 46.1 Å². The van der Waals surface area contributed by atoms with E-state index in [1.807, 2.05) is 36.1 Å². The average Bonchev–Trinajstić information content (AvgIpc) is 3.11. The van der Waals surface area contributed by atoms with Crippen molar-refractivity contribution in [3.63, 3.8) is 0 Å². The third kappa shape index (κ3) is 6.80. The van der Waals surface area contributed by atoms with Gasteiger partial charge in [0.25, 0.3) is 5.91 Å². The summed E-state index contributed by atoms with van der Waals surface area (Å²) < 4.78 is 5.59. The molecule has 37 heavy (non-hydrogen) atoms. The Kier molecular flexibility index (Phi) is 9.03. The quantitative estimate of drug-likeness (QED) is 0.295. The van der Waals surface area contributed by atoms with Crippen LogP contribution in [0.2, 0.25) is 10.0 Å². The second kappa shape index (κ2) is 12.4. The number of hydrogen-bond acceptors (Lipinski definition) is 4. The molecule has 3 aromatic rings. The Balaban J connectivity index is 1.50. The number of nitrogens with zero attached hydrogens (tertiary/aromatic N) is 2. The van der Waals surface area contributed by atoms with E-state index >= 15 is 0 Å². The van der Waals surface area contributed by atoms with Crippen LogP contribution in [0.5, 0.6) is 5.75 Å². The van der Waals surface area contributed by atoms with Crippen molar-refractivity contribution >= 4 is 63.7 Å². The SMILES string of the molecule is CCCOc1ccc(NC(=O)CC2C(=O)N(c3cccc(Cl)c3)C(=S)N2CCc2ccc(Cl)cc2)cc1. The number of carbonyl (C=O) groups is 2. The summed E-state index contributed by atoms with van der Waals surface area (Å²) >= 11 is 17.9. The van der Waals surface area contributed by atoms with E-state index in [2.05, 4.69) is 5.32 Å². The molecule has 0 aromatic heterocycles. The molecule has 6 nitrogen and oxygen atoms in total. The molecule has 9 heteroatoms. The number of ether oxygens (including phenoxy) is 1. The lowest BCUT2D eigenvalue weighted by molar-refractivity contribution is -0.124. The van der Waals surface area contributed by atoms with Crippen molar-refractivity contribution in [3.05, 3.63) is 88.4 Å². The van der Waals surface area contributed by atoms with E-state index in [4.69, 9.17) is 40.2 Å². The Bertz CT molecular complexity index is 1270. The fourth-order valence-corrected chi connectivity index (χ4v) is 4.81. The molecule has 1 N–H and O–H groups in total. The first kappa shape index (κ1) is 26.9. The van der Waals surface area contributed by atoms with Crippen LogP contribution in [0.25, 0.3) is 0 Å². The van der Waals surface area contributed by atoms with Crippen LogP contribution >= 0.6 is 35.4 Å². The van der Waals surface area contributed by atoms with Gasteiger partial charge in [-0.05, 0) is 85.2 Å². The number of benzene rings is 3. The Labute approximate surface area is 232 Å². The lowest BCUT2D eigenvalue weighted by atomic mass is 10.1. The van der Waals surface area contributed by atoms with Crippen molar-refractivity contribution in [2.75, 3.05) is 23.4 Å². The largest absolute Gasteiger partial charge is 0.494 e. The van der Waals surface area contributed by atoms with Crippen LogP contribution in [-0.4, -0.2) is 41.0 Å². The number of nitrogens with one attached hydrogen (secondary N) is 1. The molecule has 2 amide bonds.